The summed E-state index contributed by atoms with van der Waals surface area (Å²) in [5.74, 6) is 0.537. The Labute approximate surface area is 197 Å². The largest absolute Gasteiger partial charge is 0.491 e. The number of hydrogen-bond acceptors (Lipinski definition) is 5. The second kappa shape index (κ2) is 12.9. The molecule has 2 N–H and O–H groups in total. The standard InChI is InChI=1S/C23H31N3O3.2ClH/c1-17-9-10-20(28-13-11-24)19(15-17)23(27)26-12-14-29-21(16-25(2)3)22(26)18-7-5-4-6-8-18;;/h4-10,15,21-22H,11-14,16,24H2,1-3H3;2*1H/t21-,22-;;/m0../s1. The zero-order valence-electron chi connectivity index (χ0n) is 18.3. The third kappa shape index (κ3) is 6.82. The second-order valence-corrected chi connectivity index (χ2v) is 7.66. The van der Waals surface area contributed by atoms with Crippen LogP contribution in [0.1, 0.15) is 27.5 Å². The molecule has 0 aromatic heterocycles. The van der Waals surface area contributed by atoms with E-state index in [-0.39, 0.29) is 42.9 Å². The van der Waals surface area contributed by atoms with Gasteiger partial charge in [-0.05, 0) is 38.7 Å². The predicted octanol–water partition coefficient (Wildman–Crippen LogP) is 3.32. The van der Waals surface area contributed by atoms with Crippen LogP contribution >= 0.6 is 24.8 Å². The molecule has 1 aliphatic rings. The number of rotatable bonds is 7. The summed E-state index contributed by atoms with van der Waals surface area (Å²) in [6.45, 7) is 4.53. The monoisotopic (exact) mass is 469 g/mol. The minimum atomic E-state index is -0.164. The van der Waals surface area contributed by atoms with Gasteiger partial charge in [-0.1, -0.05) is 42.0 Å². The van der Waals surface area contributed by atoms with E-state index in [9.17, 15) is 4.79 Å². The Balaban J connectivity index is 0.00000240. The third-order valence-corrected chi connectivity index (χ3v) is 5.04. The SMILES string of the molecule is Cc1ccc(OCCN)c(C(=O)N2CCO[C@@H](CN(C)C)[C@@H]2c2ccccc2)c1.Cl.Cl. The molecule has 1 amide bonds. The summed E-state index contributed by atoms with van der Waals surface area (Å²) in [7, 11) is 4.04. The van der Waals surface area contributed by atoms with E-state index in [2.05, 4.69) is 17.0 Å². The molecule has 0 unspecified atom stereocenters. The van der Waals surface area contributed by atoms with Gasteiger partial charge in [0.15, 0.2) is 0 Å². The first kappa shape index (κ1) is 27.2. The normalized spacial score (nSPS) is 18.2. The summed E-state index contributed by atoms with van der Waals surface area (Å²) in [5, 5.41) is 0. The summed E-state index contributed by atoms with van der Waals surface area (Å²) in [6, 6.07) is 15.6. The lowest BCUT2D eigenvalue weighted by molar-refractivity contribution is -0.0685. The van der Waals surface area contributed by atoms with Gasteiger partial charge >= 0.3 is 0 Å². The number of morpholine rings is 1. The number of carbonyl (C=O) groups excluding carboxylic acids is 1. The minimum absolute atomic E-state index is 0. The molecule has 6 nitrogen and oxygen atoms in total. The number of nitrogens with zero attached hydrogens (tertiary/aromatic N) is 2. The predicted molar refractivity (Wildman–Crippen MR) is 129 cm³/mol. The van der Waals surface area contributed by atoms with Crippen molar-refractivity contribution < 1.29 is 14.3 Å². The number of ether oxygens (including phenoxy) is 2. The van der Waals surface area contributed by atoms with Gasteiger partial charge in [-0.15, -0.1) is 24.8 Å². The van der Waals surface area contributed by atoms with Crippen molar-refractivity contribution >= 4 is 30.7 Å². The zero-order chi connectivity index (χ0) is 20.8. The van der Waals surface area contributed by atoms with Gasteiger partial charge in [0.25, 0.3) is 5.91 Å². The first-order valence-electron chi connectivity index (χ1n) is 10.1. The van der Waals surface area contributed by atoms with Gasteiger partial charge in [0, 0.05) is 19.6 Å². The maximum Gasteiger partial charge on any atom is 0.258 e. The molecule has 1 saturated heterocycles. The van der Waals surface area contributed by atoms with Crippen molar-refractivity contribution in [1.82, 2.24) is 9.80 Å². The Kier molecular flexibility index (Phi) is 11.3. The number of amides is 1. The van der Waals surface area contributed by atoms with E-state index in [4.69, 9.17) is 15.2 Å². The molecule has 0 aliphatic carbocycles. The van der Waals surface area contributed by atoms with Gasteiger partial charge in [-0.3, -0.25) is 4.79 Å². The van der Waals surface area contributed by atoms with Gasteiger partial charge in [-0.25, -0.2) is 0 Å². The Morgan fingerprint density at radius 2 is 1.90 bits per heavy atom. The van der Waals surface area contributed by atoms with Crippen molar-refractivity contribution in [2.75, 3.05) is 46.9 Å². The molecule has 0 radical (unpaired) electrons. The van der Waals surface area contributed by atoms with Crippen LogP contribution in [-0.4, -0.2) is 68.8 Å². The Hall–Kier alpha value is -1.83. The van der Waals surface area contributed by atoms with E-state index >= 15 is 0 Å². The maximum absolute atomic E-state index is 13.7. The first-order valence-corrected chi connectivity index (χ1v) is 10.1. The van der Waals surface area contributed by atoms with Crippen LogP contribution in [0.5, 0.6) is 5.75 Å². The topological polar surface area (TPSA) is 68.0 Å². The molecule has 172 valence electrons. The summed E-state index contributed by atoms with van der Waals surface area (Å²) in [4.78, 5) is 17.7. The minimum Gasteiger partial charge on any atom is -0.491 e. The van der Waals surface area contributed by atoms with Crippen molar-refractivity contribution in [2.24, 2.45) is 5.73 Å². The molecule has 0 spiro atoms. The number of hydrogen-bond donors (Lipinski definition) is 1. The van der Waals surface area contributed by atoms with Crippen LogP contribution in [0.3, 0.4) is 0 Å². The van der Waals surface area contributed by atoms with E-state index in [1.165, 1.54) is 0 Å². The van der Waals surface area contributed by atoms with E-state index in [0.717, 1.165) is 17.7 Å². The highest BCUT2D eigenvalue weighted by Crippen LogP contribution is 2.33. The molecule has 31 heavy (non-hydrogen) atoms. The highest BCUT2D eigenvalue weighted by atomic mass is 35.5. The Morgan fingerprint density at radius 3 is 2.55 bits per heavy atom. The van der Waals surface area contributed by atoms with E-state index < -0.39 is 0 Å². The molecule has 2 aromatic carbocycles. The van der Waals surface area contributed by atoms with Crippen molar-refractivity contribution in [3.63, 3.8) is 0 Å². The van der Waals surface area contributed by atoms with Gasteiger partial charge in [0.1, 0.15) is 12.4 Å². The molecule has 2 aromatic rings. The molecule has 8 heteroatoms. The average Bonchev–Trinajstić information content (AvgIpc) is 2.72. The second-order valence-electron chi connectivity index (χ2n) is 7.66. The molecule has 0 bridgehead atoms. The number of likely N-dealkylation sites (N-methyl/N-ethyl adjacent to an activating group) is 1. The lowest BCUT2D eigenvalue weighted by Gasteiger charge is -2.42. The number of halogens is 2. The number of aryl methyl sites for hydroxylation is 1. The van der Waals surface area contributed by atoms with Crippen molar-refractivity contribution in [3.05, 3.63) is 65.2 Å². The van der Waals surface area contributed by atoms with Crippen molar-refractivity contribution in [2.45, 2.75) is 19.1 Å². The third-order valence-electron chi connectivity index (χ3n) is 5.04. The molecule has 3 rings (SSSR count). The highest BCUT2D eigenvalue weighted by molar-refractivity contribution is 5.97. The number of carbonyl (C=O) groups is 1. The van der Waals surface area contributed by atoms with Crippen molar-refractivity contribution in [3.8, 4) is 5.75 Å². The Bertz CT molecular complexity index is 821. The fourth-order valence-electron chi connectivity index (χ4n) is 3.78. The molecular weight excluding hydrogens is 437 g/mol. The summed E-state index contributed by atoms with van der Waals surface area (Å²) >= 11 is 0. The lowest BCUT2D eigenvalue weighted by Crippen LogP contribution is -2.51. The van der Waals surface area contributed by atoms with Crippen molar-refractivity contribution in [1.29, 1.82) is 0 Å². The van der Waals surface area contributed by atoms with Gasteiger partial charge in [0.05, 0.1) is 24.3 Å². The van der Waals surface area contributed by atoms with Gasteiger partial charge in [0.2, 0.25) is 0 Å². The number of nitrogens with two attached hydrogens (primary N) is 1. The molecule has 2 atom stereocenters. The molecule has 1 heterocycles. The van der Waals surface area contributed by atoms with Crippen LogP contribution < -0.4 is 10.5 Å². The highest BCUT2D eigenvalue weighted by Gasteiger charge is 2.37. The van der Waals surface area contributed by atoms with E-state index in [0.29, 0.717) is 37.6 Å². The average molecular weight is 470 g/mol. The first-order chi connectivity index (χ1) is 14.0. The van der Waals surface area contributed by atoms with Crippen LogP contribution in [0.25, 0.3) is 0 Å². The summed E-state index contributed by atoms with van der Waals surface area (Å²) < 4.78 is 11.9. The summed E-state index contributed by atoms with van der Waals surface area (Å²) in [5.41, 5.74) is 8.26. The molecule has 1 aliphatic heterocycles. The van der Waals surface area contributed by atoms with Gasteiger partial charge < -0.3 is 25.0 Å². The van der Waals surface area contributed by atoms with E-state index in [1.807, 2.05) is 62.3 Å². The molecular formula is C23H33Cl2N3O3. The fraction of sp³-hybridized carbons (Fsp3) is 0.435. The number of benzene rings is 2. The smallest absolute Gasteiger partial charge is 0.258 e. The maximum atomic E-state index is 13.7. The molecule has 1 fully saturated rings. The van der Waals surface area contributed by atoms with E-state index in [1.54, 1.807) is 0 Å². The molecule has 0 saturated carbocycles. The Morgan fingerprint density at radius 1 is 1.19 bits per heavy atom. The van der Waals surface area contributed by atoms with Crippen LogP contribution in [0, 0.1) is 6.92 Å². The lowest BCUT2D eigenvalue weighted by atomic mass is 9.96. The van der Waals surface area contributed by atoms with Crippen LogP contribution in [0.15, 0.2) is 48.5 Å². The van der Waals surface area contributed by atoms with Crippen LogP contribution in [0.4, 0.5) is 0 Å². The quantitative estimate of drug-likeness (QED) is 0.673. The van der Waals surface area contributed by atoms with Gasteiger partial charge in [-0.2, -0.15) is 0 Å². The zero-order valence-corrected chi connectivity index (χ0v) is 20.0. The fourth-order valence-corrected chi connectivity index (χ4v) is 3.78. The summed E-state index contributed by atoms with van der Waals surface area (Å²) in [6.07, 6.45) is -0.108. The van der Waals surface area contributed by atoms with Crippen LogP contribution in [0.2, 0.25) is 0 Å². The van der Waals surface area contributed by atoms with Crippen LogP contribution in [-0.2, 0) is 4.74 Å².